The summed E-state index contributed by atoms with van der Waals surface area (Å²) in [5, 5.41) is 21.7. The first-order valence-corrected chi connectivity index (χ1v) is 9.50. The Morgan fingerprint density at radius 3 is 2.27 bits per heavy atom. The molecule has 0 saturated carbocycles. The molecule has 2 rings (SSSR count). The number of Topliss-reactive ketones (excluding diaryl/α,β-unsaturated/α-hetero) is 1. The van der Waals surface area contributed by atoms with E-state index in [2.05, 4.69) is 5.32 Å². The average Bonchev–Trinajstić information content (AvgIpc) is 2.74. The zero-order valence-electron chi connectivity index (χ0n) is 16.8. The molecule has 160 valence electrons. The summed E-state index contributed by atoms with van der Waals surface area (Å²) in [4.78, 5) is 35.5. The van der Waals surface area contributed by atoms with Gasteiger partial charge in [-0.25, -0.2) is 4.79 Å². The van der Waals surface area contributed by atoms with E-state index in [9.17, 15) is 24.6 Å². The number of para-hydroxylation sites is 1. The van der Waals surface area contributed by atoms with Crippen LogP contribution in [0.15, 0.2) is 48.5 Å². The Labute approximate surface area is 174 Å². The molecule has 0 radical (unpaired) electrons. The third kappa shape index (κ3) is 6.51. The topological polar surface area (TPSA) is 122 Å². The Morgan fingerprint density at radius 1 is 1.00 bits per heavy atom. The van der Waals surface area contributed by atoms with Crippen LogP contribution in [0.5, 0.6) is 17.2 Å². The molecular formula is C22H25NO7. The van der Waals surface area contributed by atoms with Gasteiger partial charge in [0.25, 0.3) is 5.91 Å². The number of carbonyl (C=O) groups is 3. The van der Waals surface area contributed by atoms with E-state index in [-0.39, 0.29) is 29.6 Å². The lowest BCUT2D eigenvalue weighted by atomic mass is 9.99. The molecule has 0 fully saturated rings. The van der Waals surface area contributed by atoms with Crippen LogP contribution in [-0.2, 0) is 9.59 Å². The summed E-state index contributed by atoms with van der Waals surface area (Å²) in [7, 11) is 0. The molecule has 0 aliphatic rings. The first kappa shape index (κ1) is 22.7. The molecular weight excluding hydrogens is 390 g/mol. The van der Waals surface area contributed by atoms with Crippen molar-refractivity contribution >= 4 is 17.7 Å². The highest BCUT2D eigenvalue weighted by atomic mass is 16.5. The summed E-state index contributed by atoms with van der Waals surface area (Å²) in [5.41, 5.74) is 0.0606. The predicted molar refractivity (Wildman–Crippen MR) is 109 cm³/mol. The Balaban J connectivity index is 1.91. The van der Waals surface area contributed by atoms with Crippen LogP contribution in [0.3, 0.4) is 0 Å². The van der Waals surface area contributed by atoms with Crippen molar-refractivity contribution in [3.05, 3.63) is 54.1 Å². The number of phenols is 1. The Morgan fingerprint density at radius 2 is 1.67 bits per heavy atom. The molecule has 0 spiro atoms. The number of phenolic OH excluding ortho intramolecular Hbond substituents is 1. The van der Waals surface area contributed by atoms with Crippen LogP contribution in [-0.4, -0.2) is 47.1 Å². The maximum atomic E-state index is 12.2. The van der Waals surface area contributed by atoms with Crippen molar-refractivity contribution in [3.8, 4) is 17.2 Å². The molecule has 8 heteroatoms. The Hall–Kier alpha value is -3.55. The number of rotatable bonds is 11. The summed E-state index contributed by atoms with van der Waals surface area (Å²) in [6.45, 7) is 2.89. The summed E-state index contributed by atoms with van der Waals surface area (Å²) in [5.74, 6) is -1.98. The minimum atomic E-state index is -1.11. The SMILES string of the molecule is CC[C@@H](C)[C@H](NC(=O)COc1ccc(C(=O)COc2ccccc2)c(O)c1)C(=O)O. The fraction of sp³-hybridized carbons (Fsp3) is 0.318. The van der Waals surface area contributed by atoms with Crippen LogP contribution in [0.25, 0.3) is 0 Å². The van der Waals surface area contributed by atoms with Crippen LogP contribution in [0.2, 0.25) is 0 Å². The standard InChI is InChI=1S/C22H25NO7/c1-3-14(2)21(22(27)28)23-20(26)13-30-16-9-10-17(18(24)11-16)19(25)12-29-15-7-5-4-6-8-15/h4-11,14,21,24H,3,12-13H2,1-2H3,(H,23,26)(H,27,28)/t14-,21+/m1/s1. The van der Waals surface area contributed by atoms with Crippen molar-refractivity contribution in [1.29, 1.82) is 0 Å². The number of amides is 1. The first-order valence-electron chi connectivity index (χ1n) is 9.50. The molecule has 0 saturated heterocycles. The van der Waals surface area contributed by atoms with Gasteiger partial charge in [0.15, 0.2) is 13.2 Å². The van der Waals surface area contributed by atoms with Gasteiger partial charge in [-0.3, -0.25) is 9.59 Å². The largest absolute Gasteiger partial charge is 0.507 e. The van der Waals surface area contributed by atoms with Gasteiger partial charge in [0, 0.05) is 6.07 Å². The second kappa shape index (κ2) is 10.8. The van der Waals surface area contributed by atoms with Gasteiger partial charge in [0.2, 0.25) is 5.78 Å². The average molecular weight is 415 g/mol. The fourth-order valence-corrected chi connectivity index (χ4v) is 2.63. The summed E-state index contributed by atoms with van der Waals surface area (Å²) < 4.78 is 10.7. The molecule has 2 aromatic rings. The lowest BCUT2D eigenvalue weighted by Gasteiger charge is -2.20. The van der Waals surface area contributed by atoms with E-state index in [0.29, 0.717) is 12.2 Å². The molecule has 0 heterocycles. The maximum absolute atomic E-state index is 12.2. The number of carboxylic acid groups (broad SMARTS) is 1. The maximum Gasteiger partial charge on any atom is 0.326 e. The molecule has 30 heavy (non-hydrogen) atoms. The van der Waals surface area contributed by atoms with Crippen molar-refractivity contribution in [2.24, 2.45) is 5.92 Å². The third-order valence-electron chi connectivity index (χ3n) is 4.55. The molecule has 8 nitrogen and oxygen atoms in total. The molecule has 1 amide bonds. The van der Waals surface area contributed by atoms with Crippen molar-refractivity contribution in [3.63, 3.8) is 0 Å². The number of nitrogens with one attached hydrogen (secondary N) is 1. The van der Waals surface area contributed by atoms with Gasteiger partial charge in [0.1, 0.15) is 23.3 Å². The molecule has 0 aliphatic heterocycles. The van der Waals surface area contributed by atoms with Gasteiger partial charge in [-0.1, -0.05) is 38.5 Å². The monoisotopic (exact) mass is 415 g/mol. The number of ketones is 1. The Kier molecular flexibility index (Phi) is 8.22. The summed E-state index contributed by atoms with van der Waals surface area (Å²) in [6, 6.07) is 11.8. The first-order chi connectivity index (χ1) is 14.3. The summed E-state index contributed by atoms with van der Waals surface area (Å²) in [6.07, 6.45) is 0.593. The van der Waals surface area contributed by atoms with Gasteiger partial charge in [0.05, 0.1) is 5.56 Å². The number of carboxylic acids is 1. The van der Waals surface area contributed by atoms with Crippen LogP contribution in [0.1, 0.15) is 30.6 Å². The number of aliphatic carboxylic acids is 1. The van der Waals surface area contributed by atoms with Gasteiger partial charge in [-0.05, 0) is 30.2 Å². The lowest BCUT2D eigenvalue weighted by Crippen LogP contribution is -2.46. The van der Waals surface area contributed by atoms with E-state index in [1.807, 2.05) is 13.0 Å². The van der Waals surface area contributed by atoms with Gasteiger partial charge >= 0.3 is 5.97 Å². The predicted octanol–water partition coefficient (Wildman–Crippen LogP) is 2.65. The molecule has 2 aromatic carbocycles. The highest BCUT2D eigenvalue weighted by Crippen LogP contribution is 2.24. The quantitative estimate of drug-likeness (QED) is 0.482. The van der Waals surface area contributed by atoms with E-state index >= 15 is 0 Å². The Bertz CT molecular complexity index is 882. The van der Waals surface area contributed by atoms with Crippen molar-refractivity contribution in [1.82, 2.24) is 5.32 Å². The van der Waals surface area contributed by atoms with Crippen molar-refractivity contribution in [2.45, 2.75) is 26.3 Å². The zero-order chi connectivity index (χ0) is 22.1. The van der Waals surface area contributed by atoms with E-state index in [0.717, 1.165) is 0 Å². The normalized spacial score (nSPS) is 12.5. The molecule has 0 aromatic heterocycles. The number of aromatic hydroxyl groups is 1. The minimum absolute atomic E-state index is 0.0606. The van der Waals surface area contributed by atoms with Crippen LogP contribution in [0, 0.1) is 5.92 Å². The third-order valence-corrected chi connectivity index (χ3v) is 4.55. The van der Waals surface area contributed by atoms with Crippen LogP contribution in [0.4, 0.5) is 0 Å². The zero-order valence-corrected chi connectivity index (χ0v) is 16.8. The highest BCUT2D eigenvalue weighted by molar-refractivity contribution is 5.99. The smallest absolute Gasteiger partial charge is 0.326 e. The molecule has 0 bridgehead atoms. The molecule has 2 atom stereocenters. The fourth-order valence-electron chi connectivity index (χ4n) is 2.63. The second-order valence-electron chi connectivity index (χ2n) is 6.76. The van der Waals surface area contributed by atoms with E-state index in [1.165, 1.54) is 18.2 Å². The molecule has 0 unspecified atom stereocenters. The summed E-state index contributed by atoms with van der Waals surface area (Å²) >= 11 is 0. The number of hydrogen-bond acceptors (Lipinski definition) is 6. The molecule has 3 N–H and O–H groups in total. The van der Waals surface area contributed by atoms with E-state index < -0.39 is 30.3 Å². The van der Waals surface area contributed by atoms with E-state index in [1.54, 1.807) is 31.2 Å². The van der Waals surface area contributed by atoms with Crippen LogP contribution < -0.4 is 14.8 Å². The minimum Gasteiger partial charge on any atom is -0.507 e. The van der Waals surface area contributed by atoms with Crippen LogP contribution >= 0.6 is 0 Å². The second-order valence-corrected chi connectivity index (χ2v) is 6.76. The van der Waals surface area contributed by atoms with Gasteiger partial charge in [-0.2, -0.15) is 0 Å². The van der Waals surface area contributed by atoms with Gasteiger partial charge in [-0.15, -0.1) is 0 Å². The highest BCUT2D eigenvalue weighted by Gasteiger charge is 2.25. The van der Waals surface area contributed by atoms with Crippen molar-refractivity contribution < 1.29 is 34.1 Å². The number of ether oxygens (including phenoxy) is 2. The van der Waals surface area contributed by atoms with Crippen molar-refractivity contribution in [2.75, 3.05) is 13.2 Å². The molecule has 0 aliphatic carbocycles. The lowest BCUT2D eigenvalue weighted by molar-refractivity contribution is -0.143. The number of hydrogen-bond donors (Lipinski definition) is 3. The van der Waals surface area contributed by atoms with E-state index in [4.69, 9.17) is 9.47 Å². The number of carbonyl (C=O) groups excluding carboxylic acids is 2. The van der Waals surface area contributed by atoms with Gasteiger partial charge < -0.3 is 25.0 Å². The number of benzene rings is 2.